The molecule has 0 bridgehead atoms. The van der Waals surface area contributed by atoms with Crippen molar-refractivity contribution in [1.82, 2.24) is 0 Å². The molecule has 1 N–H and O–H groups in total. The Balaban J connectivity index is 2.55. The maximum Gasteiger partial charge on any atom is 0.303 e. The Labute approximate surface area is 311 Å². The first-order valence-corrected chi connectivity index (χ1v) is 19.8. The van der Waals surface area contributed by atoms with E-state index >= 15 is 0 Å². The molecule has 2 aliphatic heterocycles. The third-order valence-electron chi connectivity index (χ3n) is 8.82. The van der Waals surface area contributed by atoms with Gasteiger partial charge in [-0.25, -0.2) is 0 Å². The number of carbonyl (C=O) groups is 1. The molecule has 0 aromatic carbocycles. The van der Waals surface area contributed by atoms with Crippen LogP contribution in [0.15, 0.2) is 5.11 Å². The summed E-state index contributed by atoms with van der Waals surface area (Å²) in [6, 6.07) is 0. The van der Waals surface area contributed by atoms with Crippen molar-refractivity contribution in [3.63, 3.8) is 0 Å². The van der Waals surface area contributed by atoms with E-state index in [-0.39, 0.29) is 26.4 Å². The molecule has 2 saturated heterocycles. The van der Waals surface area contributed by atoms with Crippen LogP contribution in [0.1, 0.15) is 112 Å². The Hall–Kier alpha value is -1.62. The molecule has 2 aliphatic rings. The average molecular weight is 748 g/mol. The predicted molar refractivity (Wildman–Crippen MR) is 194 cm³/mol. The quantitative estimate of drug-likeness (QED) is 0.0298. The number of hydrogen-bond acceptors (Lipinski definition) is 13. The second kappa shape index (κ2) is 28.8. The van der Waals surface area contributed by atoms with Crippen LogP contribution in [0.25, 0.3) is 10.4 Å². The molecule has 2 heterocycles. The summed E-state index contributed by atoms with van der Waals surface area (Å²) in [4.78, 5) is 15.0. The van der Waals surface area contributed by atoms with Crippen LogP contribution in [0, 0.1) is 0 Å². The lowest BCUT2D eigenvalue weighted by Crippen LogP contribution is -2.66. The van der Waals surface area contributed by atoms with Crippen molar-refractivity contribution in [3.8, 4) is 0 Å². The summed E-state index contributed by atoms with van der Waals surface area (Å²) in [5.74, 6) is -0.551. The van der Waals surface area contributed by atoms with Gasteiger partial charge in [0, 0.05) is 58.0 Å². The predicted octanol–water partition coefficient (Wildman–Crippen LogP) is 6.02. The SMILES string of the molecule is CCCCOCC1O[C@@H](OCCCN=[N+]=[N-])[C@@H](OCCCC)C(OCCCC)[C@@H]1O[C@@H]1OC(COCCCC)[C@H](OC(C)=O)C(O)[C@@H]1OCCCC. The Kier molecular flexibility index (Phi) is 25.7. The summed E-state index contributed by atoms with van der Waals surface area (Å²) in [5, 5.41) is 15.4. The van der Waals surface area contributed by atoms with E-state index in [0.29, 0.717) is 39.5 Å². The normalized spacial score (nSPS) is 29.1. The van der Waals surface area contributed by atoms with Crippen molar-refractivity contribution in [2.75, 3.05) is 59.4 Å². The molecule has 0 radical (unpaired) electrons. The van der Waals surface area contributed by atoms with Gasteiger partial charge in [-0.1, -0.05) is 71.8 Å². The summed E-state index contributed by atoms with van der Waals surface area (Å²) in [7, 11) is 0. The number of azide groups is 1. The van der Waals surface area contributed by atoms with E-state index in [0.717, 1.165) is 64.2 Å². The third-order valence-corrected chi connectivity index (χ3v) is 8.82. The van der Waals surface area contributed by atoms with Crippen LogP contribution in [0.3, 0.4) is 0 Å². The van der Waals surface area contributed by atoms with Crippen LogP contribution >= 0.6 is 0 Å². The zero-order chi connectivity index (χ0) is 38.0. The fourth-order valence-corrected chi connectivity index (χ4v) is 5.85. The summed E-state index contributed by atoms with van der Waals surface area (Å²) in [5.41, 5.74) is 8.73. The summed E-state index contributed by atoms with van der Waals surface area (Å²) in [6.45, 7) is 14.7. The number of rotatable bonds is 30. The average Bonchev–Trinajstić information content (AvgIpc) is 3.13. The smallest absolute Gasteiger partial charge is 0.303 e. The topological polar surface area (TPSA) is 178 Å². The van der Waals surface area contributed by atoms with E-state index in [1.165, 1.54) is 6.92 Å². The van der Waals surface area contributed by atoms with E-state index < -0.39 is 67.4 Å². The van der Waals surface area contributed by atoms with Crippen LogP contribution in [0.5, 0.6) is 0 Å². The highest BCUT2D eigenvalue weighted by Crippen LogP contribution is 2.35. The van der Waals surface area contributed by atoms with Crippen molar-refractivity contribution in [1.29, 1.82) is 0 Å². The van der Waals surface area contributed by atoms with Crippen molar-refractivity contribution < 1.29 is 57.3 Å². The lowest BCUT2D eigenvalue weighted by molar-refractivity contribution is -0.370. The molecule has 0 aromatic heterocycles. The summed E-state index contributed by atoms with van der Waals surface area (Å²) >= 11 is 0. The van der Waals surface area contributed by atoms with Gasteiger partial charge >= 0.3 is 5.97 Å². The molecule has 2 fully saturated rings. The Bertz CT molecular complexity index is 959. The Morgan fingerprint density at radius 3 is 1.65 bits per heavy atom. The zero-order valence-electron chi connectivity index (χ0n) is 32.7. The highest BCUT2D eigenvalue weighted by atomic mass is 16.8. The molecular weight excluding hydrogens is 678 g/mol. The van der Waals surface area contributed by atoms with Gasteiger partial charge in [-0.2, -0.15) is 0 Å². The number of esters is 1. The van der Waals surface area contributed by atoms with Gasteiger partial charge in [-0.3, -0.25) is 4.79 Å². The van der Waals surface area contributed by atoms with E-state index in [9.17, 15) is 9.90 Å². The van der Waals surface area contributed by atoms with Gasteiger partial charge in [0.25, 0.3) is 0 Å². The molecule has 4 unspecified atom stereocenters. The molecule has 0 amide bonds. The highest BCUT2D eigenvalue weighted by Gasteiger charge is 2.54. The molecule has 15 heteroatoms. The molecule has 15 nitrogen and oxygen atoms in total. The molecule has 0 spiro atoms. The first-order valence-electron chi connectivity index (χ1n) is 19.8. The molecule has 0 aliphatic carbocycles. The number of carbonyl (C=O) groups excluding carboxylic acids is 1. The maximum absolute atomic E-state index is 12.2. The van der Waals surface area contributed by atoms with Crippen molar-refractivity contribution >= 4 is 5.97 Å². The third kappa shape index (κ3) is 16.8. The second-order valence-electron chi connectivity index (χ2n) is 13.4. The zero-order valence-corrected chi connectivity index (χ0v) is 32.7. The van der Waals surface area contributed by atoms with Gasteiger partial charge in [-0.05, 0) is 44.1 Å². The van der Waals surface area contributed by atoms with Crippen molar-refractivity contribution in [3.05, 3.63) is 10.4 Å². The minimum absolute atomic E-state index is 0.0756. The summed E-state index contributed by atoms with van der Waals surface area (Å²) in [6.07, 6.45) is 0.303. The second-order valence-corrected chi connectivity index (χ2v) is 13.4. The Morgan fingerprint density at radius 1 is 0.635 bits per heavy atom. The minimum atomic E-state index is -1.27. The van der Waals surface area contributed by atoms with Crippen molar-refractivity contribution in [2.45, 2.75) is 174 Å². The number of unbranched alkanes of at least 4 members (excludes halogenated alkanes) is 5. The van der Waals surface area contributed by atoms with Gasteiger partial charge in [0.15, 0.2) is 18.7 Å². The first-order chi connectivity index (χ1) is 25.4. The highest BCUT2D eigenvalue weighted by molar-refractivity contribution is 5.66. The number of aliphatic hydroxyl groups is 1. The minimum Gasteiger partial charge on any atom is -0.457 e. The molecule has 2 rings (SSSR count). The van der Waals surface area contributed by atoms with E-state index in [1.54, 1.807) is 0 Å². The van der Waals surface area contributed by atoms with Crippen LogP contribution in [-0.2, 0) is 52.2 Å². The number of aliphatic hydroxyl groups excluding tert-OH is 1. The molecule has 0 aromatic rings. The molecule has 52 heavy (non-hydrogen) atoms. The maximum atomic E-state index is 12.2. The fourth-order valence-electron chi connectivity index (χ4n) is 5.85. The number of ether oxygens (including phenoxy) is 10. The lowest BCUT2D eigenvalue weighted by atomic mass is 9.96. The van der Waals surface area contributed by atoms with Gasteiger partial charge in [-0.15, -0.1) is 0 Å². The van der Waals surface area contributed by atoms with Gasteiger partial charge < -0.3 is 52.5 Å². The van der Waals surface area contributed by atoms with Crippen molar-refractivity contribution in [2.24, 2.45) is 5.11 Å². The summed E-state index contributed by atoms with van der Waals surface area (Å²) < 4.78 is 63.3. The Morgan fingerprint density at radius 2 is 1.12 bits per heavy atom. The number of nitrogens with zero attached hydrogens (tertiary/aromatic N) is 3. The largest absolute Gasteiger partial charge is 0.457 e. The molecular formula is C37H69N3O12. The molecule has 10 atom stereocenters. The van der Waals surface area contributed by atoms with Gasteiger partial charge in [0.2, 0.25) is 0 Å². The first kappa shape index (κ1) is 46.5. The van der Waals surface area contributed by atoms with E-state index in [2.05, 4.69) is 37.7 Å². The van der Waals surface area contributed by atoms with Crippen LogP contribution in [0.2, 0.25) is 0 Å². The van der Waals surface area contributed by atoms with Crippen LogP contribution < -0.4 is 0 Å². The van der Waals surface area contributed by atoms with Gasteiger partial charge in [0.1, 0.15) is 42.7 Å². The molecule has 0 saturated carbocycles. The van der Waals surface area contributed by atoms with Crippen LogP contribution in [-0.4, -0.2) is 132 Å². The lowest BCUT2D eigenvalue weighted by Gasteiger charge is -2.49. The molecule has 304 valence electrons. The van der Waals surface area contributed by atoms with Gasteiger partial charge in [0.05, 0.1) is 13.2 Å². The fraction of sp³-hybridized carbons (Fsp3) is 0.973. The number of hydrogen-bond donors (Lipinski definition) is 1. The van der Waals surface area contributed by atoms with E-state index in [4.69, 9.17) is 52.9 Å². The van der Waals surface area contributed by atoms with E-state index in [1.807, 2.05) is 6.92 Å². The van der Waals surface area contributed by atoms with Crippen LogP contribution in [0.4, 0.5) is 0 Å². The standard InChI is InChI=1S/C37H69N3O12/c1-7-12-19-43-25-28-31(49-27(6)41)30(42)33(45-21-14-9-3)37(51-28)52-32-29(26-44-20-13-8-2)50-36(48-24-17-18-39-40-38)35(47-23-16-11-5)34(32)46-22-15-10-4/h28-37,42H,7-26H2,1-6H3/t28?,29?,30?,31-,32+,33-,34?,35-,36+,37-/m0/s1. The monoisotopic (exact) mass is 747 g/mol.